The number of carbonyl (C=O) groups excluding carboxylic acids is 1. The number of β-amino-alcohol motifs (C(OH)–C–C–N with tert-alkyl or cyclic N) is 1. The summed E-state index contributed by atoms with van der Waals surface area (Å²) in [6.07, 6.45) is 1.36. The molecule has 2 fully saturated rings. The molecule has 0 saturated carbocycles. The number of amides is 1. The van der Waals surface area contributed by atoms with Crippen molar-refractivity contribution in [3.05, 3.63) is 35.9 Å². The fraction of sp³-hybridized carbons (Fsp3) is 0.611. The fourth-order valence-corrected chi connectivity index (χ4v) is 3.57. The van der Waals surface area contributed by atoms with Gasteiger partial charge in [-0.3, -0.25) is 9.69 Å². The highest BCUT2D eigenvalue weighted by Gasteiger charge is 2.37. The Morgan fingerprint density at radius 3 is 2.61 bits per heavy atom. The molecule has 0 unspecified atom stereocenters. The minimum absolute atomic E-state index is 0.121. The highest BCUT2D eigenvalue weighted by atomic mass is 16.5. The first-order chi connectivity index (χ1) is 11.1. The van der Waals surface area contributed by atoms with Crippen molar-refractivity contribution < 1.29 is 14.6 Å². The maximum atomic E-state index is 11.8. The van der Waals surface area contributed by atoms with Crippen LogP contribution >= 0.6 is 0 Å². The quantitative estimate of drug-likeness (QED) is 0.916. The third kappa shape index (κ3) is 3.91. The minimum atomic E-state index is -0.677. The van der Waals surface area contributed by atoms with E-state index < -0.39 is 5.60 Å². The van der Waals surface area contributed by atoms with Crippen molar-refractivity contribution in [1.29, 1.82) is 0 Å². The molecule has 1 amide bonds. The Morgan fingerprint density at radius 2 is 1.96 bits per heavy atom. The van der Waals surface area contributed by atoms with Crippen LogP contribution in [0.3, 0.4) is 0 Å². The van der Waals surface area contributed by atoms with Gasteiger partial charge in [0, 0.05) is 59.2 Å². The van der Waals surface area contributed by atoms with Gasteiger partial charge in [-0.15, -0.1) is 0 Å². The second-order valence-corrected chi connectivity index (χ2v) is 6.70. The van der Waals surface area contributed by atoms with Gasteiger partial charge in [-0.1, -0.05) is 30.3 Å². The lowest BCUT2D eigenvalue weighted by atomic mass is 9.91. The highest BCUT2D eigenvalue weighted by Crippen LogP contribution is 2.30. The Balaban J connectivity index is 1.78. The van der Waals surface area contributed by atoms with E-state index in [1.54, 1.807) is 6.92 Å². The molecule has 0 bridgehead atoms. The molecular formula is C18H26N2O3. The zero-order valence-corrected chi connectivity index (χ0v) is 13.8. The number of rotatable bonds is 3. The van der Waals surface area contributed by atoms with Crippen molar-refractivity contribution >= 4 is 5.91 Å². The molecule has 1 aromatic rings. The van der Waals surface area contributed by atoms with Crippen LogP contribution in [0.2, 0.25) is 0 Å². The molecule has 23 heavy (non-hydrogen) atoms. The summed E-state index contributed by atoms with van der Waals surface area (Å²) in [5, 5.41) is 10.9. The van der Waals surface area contributed by atoms with Gasteiger partial charge in [-0.2, -0.15) is 0 Å². The average molecular weight is 318 g/mol. The second kappa shape index (κ2) is 6.99. The molecule has 1 N–H and O–H groups in total. The van der Waals surface area contributed by atoms with Crippen LogP contribution in [0.5, 0.6) is 0 Å². The summed E-state index contributed by atoms with van der Waals surface area (Å²) in [7, 11) is 0. The third-order valence-electron chi connectivity index (χ3n) is 5.04. The van der Waals surface area contributed by atoms with Crippen molar-refractivity contribution in [2.24, 2.45) is 0 Å². The molecule has 126 valence electrons. The molecule has 2 heterocycles. The van der Waals surface area contributed by atoms with Gasteiger partial charge in [0.2, 0.25) is 5.91 Å². The SMILES string of the molecule is CC(=O)N1CCN(CC2(O)CCOCC2)[C@H](c2ccccc2)C1. The van der Waals surface area contributed by atoms with Gasteiger partial charge in [0.1, 0.15) is 0 Å². The van der Waals surface area contributed by atoms with Crippen LogP contribution in [0.15, 0.2) is 30.3 Å². The molecular weight excluding hydrogens is 292 g/mol. The lowest BCUT2D eigenvalue weighted by Crippen LogP contribution is -2.55. The maximum absolute atomic E-state index is 11.8. The Bertz CT molecular complexity index is 528. The predicted octanol–water partition coefficient (Wildman–Crippen LogP) is 1.43. The minimum Gasteiger partial charge on any atom is -0.388 e. The van der Waals surface area contributed by atoms with Crippen molar-refractivity contribution in [2.75, 3.05) is 39.4 Å². The van der Waals surface area contributed by atoms with Crippen LogP contribution in [-0.2, 0) is 9.53 Å². The van der Waals surface area contributed by atoms with E-state index >= 15 is 0 Å². The summed E-state index contributed by atoms with van der Waals surface area (Å²) in [5.41, 5.74) is 0.526. The van der Waals surface area contributed by atoms with Crippen LogP contribution in [0, 0.1) is 0 Å². The number of aliphatic hydroxyl groups is 1. The van der Waals surface area contributed by atoms with Gasteiger partial charge in [0.15, 0.2) is 0 Å². The number of ether oxygens (including phenoxy) is 1. The molecule has 5 nitrogen and oxygen atoms in total. The summed E-state index contributed by atoms with van der Waals surface area (Å²) in [4.78, 5) is 16.0. The van der Waals surface area contributed by atoms with Gasteiger partial charge >= 0.3 is 0 Å². The van der Waals surface area contributed by atoms with Gasteiger partial charge in [-0.25, -0.2) is 0 Å². The molecule has 2 saturated heterocycles. The largest absolute Gasteiger partial charge is 0.388 e. The first-order valence-electron chi connectivity index (χ1n) is 8.42. The Morgan fingerprint density at radius 1 is 1.26 bits per heavy atom. The summed E-state index contributed by atoms with van der Waals surface area (Å²) < 4.78 is 5.38. The molecule has 0 spiro atoms. The molecule has 1 atom stereocenters. The van der Waals surface area contributed by atoms with Gasteiger partial charge in [-0.05, 0) is 5.56 Å². The van der Waals surface area contributed by atoms with E-state index in [0.29, 0.717) is 39.1 Å². The monoisotopic (exact) mass is 318 g/mol. The van der Waals surface area contributed by atoms with Crippen molar-refractivity contribution in [3.8, 4) is 0 Å². The predicted molar refractivity (Wildman–Crippen MR) is 88.0 cm³/mol. The maximum Gasteiger partial charge on any atom is 0.219 e. The van der Waals surface area contributed by atoms with E-state index in [4.69, 9.17) is 4.74 Å². The van der Waals surface area contributed by atoms with Gasteiger partial charge in [0.05, 0.1) is 11.6 Å². The van der Waals surface area contributed by atoms with Gasteiger partial charge in [0.25, 0.3) is 0 Å². The Labute approximate surface area is 137 Å². The van der Waals surface area contributed by atoms with Crippen LogP contribution < -0.4 is 0 Å². The molecule has 5 heteroatoms. The molecule has 0 radical (unpaired) electrons. The molecule has 2 aliphatic rings. The first-order valence-corrected chi connectivity index (χ1v) is 8.42. The molecule has 0 aliphatic carbocycles. The van der Waals surface area contributed by atoms with E-state index in [0.717, 1.165) is 13.1 Å². The van der Waals surface area contributed by atoms with Crippen LogP contribution in [0.4, 0.5) is 0 Å². The Hall–Kier alpha value is -1.43. The second-order valence-electron chi connectivity index (χ2n) is 6.70. The summed E-state index contributed by atoms with van der Waals surface area (Å²) in [6, 6.07) is 10.4. The summed E-state index contributed by atoms with van der Waals surface area (Å²) in [5.74, 6) is 0.121. The standard InChI is InChI=1S/C18H26N2O3/c1-15(21)19-9-10-20(14-18(22)7-11-23-12-8-18)17(13-19)16-5-3-2-4-6-16/h2-6,17,22H,7-14H2,1H3/t17-/m0/s1. The van der Waals surface area contributed by atoms with Crippen LogP contribution in [-0.4, -0.2) is 65.8 Å². The zero-order chi connectivity index (χ0) is 16.3. The molecule has 0 aromatic heterocycles. The molecule has 3 rings (SSSR count). The molecule has 1 aromatic carbocycles. The smallest absolute Gasteiger partial charge is 0.219 e. The van der Waals surface area contributed by atoms with Crippen molar-refractivity contribution in [1.82, 2.24) is 9.80 Å². The highest BCUT2D eigenvalue weighted by molar-refractivity contribution is 5.73. The summed E-state index contributed by atoms with van der Waals surface area (Å²) >= 11 is 0. The van der Waals surface area contributed by atoms with E-state index in [1.165, 1.54) is 5.56 Å². The van der Waals surface area contributed by atoms with E-state index in [9.17, 15) is 9.90 Å². The van der Waals surface area contributed by atoms with E-state index in [-0.39, 0.29) is 11.9 Å². The number of piperazine rings is 1. The van der Waals surface area contributed by atoms with Crippen LogP contribution in [0.1, 0.15) is 31.4 Å². The van der Waals surface area contributed by atoms with Gasteiger partial charge < -0.3 is 14.7 Å². The van der Waals surface area contributed by atoms with Crippen molar-refractivity contribution in [3.63, 3.8) is 0 Å². The lowest BCUT2D eigenvalue weighted by Gasteiger charge is -2.45. The van der Waals surface area contributed by atoms with E-state index in [2.05, 4.69) is 17.0 Å². The van der Waals surface area contributed by atoms with E-state index in [1.807, 2.05) is 23.1 Å². The topological polar surface area (TPSA) is 53.0 Å². The number of carbonyl (C=O) groups is 1. The first kappa shape index (κ1) is 16.4. The van der Waals surface area contributed by atoms with Crippen molar-refractivity contribution in [2.45, 2.75) is 31.4 Å². The number of hydrogen-bond acceptors (Lipinski definition) is 4. The van der Waals surface area contributed by atoms with Crippen LogP contribution in [0.25, 0.3) is 0 Å². The normalized spacial score (nSPS) is 25.3. The average Bonchev–Trinajstić information content (AvgIpc) is 2.56. The fourth-order valence-electron chi connectivity index (χ4n) is 3.57. The molecule has 2 aliphatic heterocycles. The number of nitrogens with zero attached hydrogens (tertiary/aromatic N) is 2. The number of benzene rings is 1. The Kier molecular flexibility index (Phi) is 4.99. The third-order valence-corrected chi connectivity index (χ3v) is 5.04. The lowest BCUT2D eigenvalue weighted by molar-refractivity contribution is -0.134. The number of hydrogen-bond donors (Lipinski definition) is 1. The zero-order valence-electron chi connectivity index (χ0n) is 13.8. The summed E-state index contributed by atoms with van der Waals surface area (Å²) in [6.45, 7) is 5.73.